The van der Waals surface area contributed by atoms with Gasteiger partial charge in [0.1, 0.15) is 0 Å². The van der Waals surface area contributed by atoms with Gasteiger partial charge in [0.2, 0.25) is 0 Å². The predicted octanol–water partition coefficient (Wildman–Crippen LogP) is 2.09. The Balaban J connectivity index is 2.13. The molecule has 0 aromatic heterocycles. The average molecular weight is 242 g/mol. The zero-order valence-electron chi connectivity index (χ0n) is 10.8. The molecule has 0 amide bonds. The van der Waals surface area contributed by atoms with Crippen LogP contribution in [0.15, 0.2) is 11.6 Å². The minimum Gasteiger partial charge on any atom is -0.356 e. The van der Waals surface area contributed by atoms with Gasteiger partial charge in [0.05, 0.1) is 6.10 Å². The van der Waals surface area contributed by atoms with Crippen LogP contribution < -0.4 is 0 Å². The van der Waals surface area contributed by atoms with Gasteiger partial charge in [0.25, 0.3) is 0 Å². The zero-order valence-corrected chi connectivity index (χ0v) is 10.8. The number of fused-ring (bicyclic) bond motifs is 1. The van der Waals surface area contributed by atoms with Gasteiger partial charge >= 0.3 is 0 Å². The molecular formula is C13H22O4. The van der Waals surface area contributed by atoms with Gasteiger partial charge in [-0.1, -0.05) is 6.42 Å². The molecule has 1 saturated carbocycles. The van der Waals surface area contributed by atoms with E-state index in [1.54, 1.807) is 21.3 Å². The van der Waals surface area contributed by atoms with Crippen LogP contribution in [-0.2, 0) is 18.9 Å². The van der Waals surface area contributed by atoms with Crippen molar-refractivity contribution >= 4 is 0 Å². The standard InChI is InChI=1S/C13H22O4/c1-14-11-8-9-6-4-5-7-10(12(9)17-11)13(15-2)16-3/h8,10-13H,4-7H2,1-3H3. The lowest BCUT2D eigenvalue weighted by molar-refractivity contribution is -0.185. The number of methoxy groups -OCH3 is 3. The molecule has 98 valence electrons. The van der Waals surface area contributed by atoms with Crippen LogP contribution in [0.4, 0.5) is 0 Å². The van der Waals surface area contributed by atoms with Crippen LogP contribution in [0, 0.1) is 5.92 Å². The fourth-order valence-corrected chi connectivity index (χ4v) is 2.85. The summed E-state index contributed by atoms with van der Waals surface area (Å²) in [6.45, 7) is 0. The van der Waals surface area contributed by atoms with E-state index in [0.717, 1.165) is 12.8 Å². The van der Waals surface area contributed by atoms with Gasteiger partial charge in [-0.3, -0.25) is 0 Å². The Kier molecular flexibility index (Phi) is 4.56. The van der Waals surface area contributed by atoms with Gasteiger partial charge in [0.15, 0.2) is 12.6 Å². The summed E-state index contributed by atoms with van der Waals surface area (Å²) in [7, 11) is 5.04. The maximum Gasteiger partial charge on any atom is 0.177 e. The largest absolute Gasteiger partial charge is 0.356 e. The van der Waals surface area contributed by atoms with E-state index in [0.29, 0.717) is 0 Å². The first-order valence-corrected chi connectivity index (χ1v) is 6.24. The molecule has 4 heteroatoms. The number of hydrogen-bond acceptors (Lipinski definition) is 4. The molecule has 17 heavy (non-hydrogen) atoms. The Morgan fingerprint density at radius 2 is 2.00 bits per heavy atom. The molecule has 0 spiro atoms. The van der Waals surface area contributed by atoms with Crippen molar-refractivity contribution in [2.24, 2.45) is 5.92 Å². The van der Waals surface area contributed by atoms with Crippen molar-refractivity contribution in [3.05, 3.63) is 11.6 Å². The first-order chi connectivity index (χ1) is 8.30. The van der Waals surface area contributed by atoms with Crippen molar-refractivity contribution in [1.82, 2.24) is 0 Å². The van der Waals surface area contributed by atoms with Crippen LogP contribution in [0.3, 0.4) is 0 Å². The minimum absolute atomic E-state index is 0.0901. The second-order valence-corrected chi connectivity index (χ2v) is 4.65. The van der Waals surface area contributed by atoms with Crippen LogP contribution >= 0.6 is 0 Å². The van der Waals surface area contributed by atoms with Gasteiger partial charge < -0.3 is 18.9 Å². The van der Waals surface area contributed by atoms with E-state index in [4.69, 9.17) is 18.9 Å². The van der Waals surface area contributed by atoms with E-state index in [9.17, 15) is 0 Å². The highest BCUT2D eigenvalue weighted by Gasteiger charge is 2.39. The highest BCUT2D eigenvalue weighted by Crippen LogP contribution is 2.37. The lowest BCUT2D eigenvalue weighted by Gasteiger charge is -2.29. The SMILES string of the molecule is COC1C=C2CCCCC(C(OC)OC)C2O1. The molecule has 0 saturated heterocycles. The van der Waals surface area contributed by atoms with Gasteiger partial charge in [-0.05, 0) is 30.9 Å². The monoisotopic (exact) mass is 242 g/mol. The lowest BCUT2D eigenvalue weighted by Crippen LogP contribution is -2.35. The third kappa shape index (κ3) is 2.71. The molecule has 1 heterocycles. The van der Waals surface area contributed by atoms with E-state index in [1.807, 2.05) is 0 Å². The first kappa shape index (κ1) is 13.0. The Bertz CT molecular complexity index is 273. The second-order valence-electron chi connectivity index (χ2n) is 4.65. The van der Waals surface area contributed by atoms with Crippen molar-refractivity contribution in [2.75, 3.05) is 21.3 Å². The number of rotatable bonds is 4. The Morgan fingerprint density at radius 1 is 1.24 bits per heavy atom. The summed E-state index contributed by atoms with van der Waals surface area (Å²) in [4.78, 5) is 0. The van der Waals surface area contributed by atoms with E-state index in [1.165, 1.54) is 18.4 Å². The maximum absolute atomic E-state index is 5.92. The zero-order chi connectivity index (χ0) is 12.3. The van der Waals surface area contributed by atoms with E-state index < -0.39 is 0 Å². The molecule has 0 radical (unpaired) electrons. The van der Waals surface area contributed by atoms with Gasteiger partial charge in [0, 0.05) is 27.2 Å². The molecular weight excluding hydrogens is 220 g/mol. The predicted molar refractivity (Wildman–Crippen MR) is 63.5 cm³/mol. The van der Waals surface area contributed by atoms with E-state index in [-0.39, 0.29) is 24.6 Å². The van der Waals surface area contributed by atoms with Crippen molar-refractivity contribution in [1.29, 1.82) is 0 Å². The molecule has 1 aliphatic carbocycles. The van der Waals surface area contributed by atoms with Crippen molar-refractivity contribution in [2.45, 2.75) is 44.4 Å². The fourth-order valence-electron chi connectivity index (χ4n) is 2.85. The third-order valence-electron chi connectivity index (χ3n) is 3.68. The quantitative estimate of drug-likeness (QED) is 0.559. The maximum atomic E-state index is 5.92. The summed E-state index contributed by atoms with van der Waals surface area (Å²) in [5, 5.41) is 0. The summed E-state index contributed by atoms with van der Waals surface area (Å²) in [5.41, 5.74) is 1.35. The topological polar surface area (TPSA) is 36.9 Å². The molecule has 3 unspecified atom stereocenters. The van der Waals surface area contributed by atoms with Crippen molar-refractivity contribution in [3.8, 4) is 0 Å². The van der Waals surface area contributed by atoms with Crippen LogP contribution in [-0.4, -0.2) is 40.0 Å². The van der Waals surface area contributed by atoms with Gasteiger partial charge in [-0.2, -0.15) is 0 Å². The Labute approximate surface area is 103 Å². The molecule has 3 atom stereocenters. The summed E-state index contributed by atoms with van der Waals surface area (Å²) in [5.74, 6) is 0.263. The third-order valence-corrected chi connectivity index (χ3v) is 3.68. The fraction of sp³-hybridized carbons (Fsp3) is 0.846. The molecule has 4 nitrogen and oxygen atoms in total. The molecule has 1 fully saturated rings. The number of ether oxygens (including phenoxy) is 4. The highest BCUT2D eigenvalue weighted by atomic mass is 16.7. The first-order valence-electron chi connectivity index (χ1n) is 6.24. The molecule has 0 aromatic rings. The van der Waals surface area contributed by atoms with Crippen LogP contribution in [0.1, 0.15) is 25.7 Å². The summed E-state index contributed by atoms with van der Waals surface area (Å²) in [6.07, 6.45) is 6.37. The van der Waals surface area contributed by atoms with E-state index in [2.05, 4.69) is 6.08 Å². The van der Waals surface area contributed by atoms with Crippen molar-refractivity contribution < 1.29 is 18.9 Å². The molecule has 0 N–H and O–H groups in total. The summed E-state index contributed by atoms with van der Waals surface area (Å²) < 4.78 is 22.0. The smallest absolute Gasteiger partial charge is 0.177 e. The average Bonchev–Trinajstić information content (AvgIpc) is 2.67. The van der Waals surface area contributed by atoms with Gasteiger partial charge in [-0.15, -0.1) is 0 Å². The summed E-state index contributed by atoms with van der Waals surface area (Å²) in [6, 6.07) is 0. The normalized spacial score (nSPS) is 33.4. The molecule has 1 aliphatic heterocycles. The van der Waals surface area contributed by atoms with Crippen LogP contribution in [0.25, 0.3) is 0 Å². The molecule has 2 aliphatic rings. The summed E-state index contributed by atoms with van der Waals surface area (Å²) >= 11 is 0. The van der Waals surface area contributed by atoms with Gasteiger partial charge in [-0.25, -0.2) is 0 Å². The second kappa shape index (κ2) is 5.96. The number of hydrogen-bond donors (Lipinski definition) is 0. The highest BCUT2D eigenvalue weighted by molar-refractivity contribution is 5.18. The molecule has 0 bridgehead atoms. The van der Waals surface area contributed by atoms with Crippen molar-refractivity contribution in [3.63, 3.8) is 0 Å². The van der Waals surface area contributed by atoms with Crippen LogP contribution in [0.5, 0.6) is 0 Å². The molecule has 2 rings (SSSR count). The Hall–Kier alpha value is -0.420. The van der Waals surface area contributed by atoms with Crippen LogP contribution in [0.2, 0.25) is 0 Å². The Morgan fingerprint density at radius 3 is 2.65 bits per heavy atom. The lowest BCUT2D eigenvalue weighted by atomic mass is 9.94. The minimum atomic E-state index is -0.204. The molecule has 0 aromatic carbocycles. The van der Waals surface area contributed by atoms with E-state index >= 15 is 0 Å².